The molecule has 1 amide bonds. The Morgan fingerprint density at radius 2 is 1.89 bits per heavy atom. The molecule has 7 nitrogen and oxygen atoms in total. The predicted octanol–water partition coefficient (Wildman–Crippen LogP) is 4.35. The number of amides is 1. The summed E-state index contributed by atoms with van der Waals surface area (Å²) in [4.78, 5) is 16.2. The van der Waals surface area contributed by atoms with Crippen LogP contribution < -0.4 is 0 Å². The van der Waals surface area contributed by atoms with Crippen molar-refractivity contribution in [3.63, 3.8) is 0 Å². The highest BCUT2D eigenvalue weighted by molar-refractivity contribution is 5.92. The number of rotatable bonds is 6. The van der Waals surface area contributed by atoms with Crippen molar-refractivity contribution in [1.29, 1.82) is 0 Å². The van der Waals surface area contributed by atoms with Crippen LogP contribution in [-0.2, 0) is 18.4 Å². The lowest BCUT2D eigenvalue weighted by atomic mass is 10.0. The van der Waals surface area contributed by atoms with Gasteiger partial charge in [0.1, 0.15) is 0 Å². The molecule has 7 heteroatoms. The number of nitrogens with zero attached hydrogens (tertiary/aromatic N) is 5. The quantitative estimate of drug-likeness (QED) is 0.429. The summed E-state index contributed by atoms with van der Waals surface area (Å²) in [6.45, 7) is 7.94. The van der Waals surface area contributed by atoms with Gasteiger partial charge in [-0.1, -0.05) is 36.9 Å². The van der Waals surface area contributed by atoms with Gasteiger partial charge in [0.25, 0.3) is 0 Å². The zero-order chi connectivity index (χ0) is 24.2. The summed E-state index contributed by atoms with van der Waals surface area (Å²) in [7, 11) is 1.91. The first kappa shape index (κ1) is 22.8. The molecular weight excluding hydrogens is 436 g/mol. The largest absolute Gasteiger partial charge is 0.338 e. The number of aromatic amines is 1. The third kappa shape index (κ3) is 5.25. The van der Waals surface area contributed by atoms with Crippen LogP contribution in [0.2, 0.25) is 0 Å². The number of aryl methyl sites for hydroxylation is 1. The van der Waals surface area contributed by atoms with E-state index in [0.717, 1.165) is 66.9 Å². The highest BCUT2D eigenvalue weighted by Gasteiger charge is 2.17. The molecule has 1 saturated heterocycles. The Labute approximate surface area is 205 Å². The molecule has 2 aromatic carbocycles. The third-order valence-corrected chi connectivity index (χ3v) is 6.52. The number of hydrogen-bond acceptors (Lipinski definition) is 4. The summed E-state index contributed by atoms with van der Waals surface area (Å²) >= 11 is 0. The first-order chi connectivity index (χ1) is 17.1. The van der Waals surface area contributed by atoms with Crippen LogP contribution in [0, 0.1) is 0 Å². The van der Waals surface area contributed by atoms with Crippen LogP contribution in [0.1, 0.15) is 23.2 Å². The normalized spacial score (nSPS) is 15.1. The molecule has 0 atom stereocenters. The van der Waals surface area contributed by atoms with Crippen molar-refractivity contribution in [2.45, 2.75) is 13.0 Å². The first-order valence-corrected chi connectivity index (χ1v) is 12.0. The van der Waals surface area contributed by atoms with Crippen molar-refractivity contribution in [1.82, 2.24) is 29.8 Å². The van der Waals surface area contributed by atoms with Crippen molar-refractivity contribution in [2.75, 3.05) is 26.2 Å². The van der Waals surface area contributed by atoms with E-state index in [1.54, 1.807) is 4.68 Å². The Hall–Kier alpha value is -3.97. The van der Waals surface area contributed by atoms with Crippen LogP contribution in [0.5, 0.6) is 0 Å². The molecule has 0 saturated carbocycles. The molecule has 5 rings (SSSR count). The molecule has 2 aromatic heterocycles. The molecule has 4 aromatic rings. The Balaban J connectivity index is 1.28. The number of aromatic nitrogens is 4. The Morgan fingerprint density at radius 3 is 2.66 bits per heavy atom. The van der Waals surface area contributed by atoms with Gasteiger partial charge in [0.15, 0.2) is 0 Å². The van der Waals surface area contributed by atoms with Gasteiger partial charge in [-0.3, -0.25) is 19.5 Å². The number of carbonyl (C=O) groups excluding carboxylic acids is 1. The molecule has 1 N–H and O–H groups in total. The molecule has 178 valence electrons. The van der Waals surface area contributed by atoms with Crippen molar-refractivity contribution in [2.24, 2.45) is 7.05 Å². The summed E-state index contributed by atoms with van der Waals surface area (Å²) in [5, 5.41) is 12.9. The van der Waals surface area contributed by atoms with Gasteiger partial charge >= 0.3 is 0 Å². The maximum Gasteiger partial charge on any atom is 0.245 e. The molecule has 0 unspecified atom stereocenters. The molecule has 3 heterocycles. The summed E-state index contributed by atoms with van der Waals surface area (Å²) in [5.41, 5.74) is 6.59. The summed E-state index contributed by atoms with van der Waals surface area (Å²) in [5.74, 6) is 0.0292. The number of fused-ring (bicyclic) bond motifs is 1. The smallest absolute Gasteiger partial charge is 0.245 e. The van der Waals surface area contributed by atoms with E-state index in [9.17, 15) is 4.79 Å². The second kappa shape index (κ2) is 10.1. The Morgan fingerprint density at radius 1 is 1.06 bits per heavy atom. The van der Waals surface area contributed by atoms with Crippen molar-refractivity contribution < 1.29 is 4.79 Å². The van der Waals surface area contributed by atoms with E-state index in [1.165, 1.54) is 17.2 Å². The van der Waals surface area contributed by atoms with Crippen molar-refractivity contribution in [3.05, 3.63) is 84.3 Å². The zero-order valence-electron chi connectivity index (χ0n) is 20.0. The van der Waals surface area contributed by atoms with Gasteiger partial charge in [-0.25, -0.2) is 0 Å². The van der Waals surface area contributed by atoms with Gasteiger partial charge < -0.3 is 4.90 Å². The lowest BCUT2D eigenvalue weighted by molar-refractivity contribution is -0.125. The number of nitrogens with one attached hydrogen (secondary N) is 1. The molecule has 0 spiro atoms. The predicted molar refractivity (Wildman–Crippen MR) is 140 cm³/mol. The number of benzene rings is 2. The number of H-pyrrole nitrogens is 1. The topological polar surface area (TPSA) is 70.1 Å². The monoisotopic (exact) mass is 466 g/mol. The minimum absolute atomic E-state index is 0.0292. The zero-order valence-corrected chi connectivity index (χ0v) is 20.0. The minimum atomic E-state index is 0.0292. The van der Waals surface area contributed by atoms with Gasteiger partial charge in [-0.2, -0.15) is 10.2 Å². The average Bonchev–Trinajstić information content (AvgIpc) is 3.41. The molecule has 0 bridgehead atoms. The molecule has 1 aliphatic rings. The highest BCUT2D eigenvalue weighted by Crippen LogP contribution is 2.27. The van der Waals surface area contributed by atoms with Gasteiger partial charge in [0.2, 0.25) is 5.91 Å². The summed E-state index contributed by atoms with van der Waals surface area (Å²) in [6.07, 6.45) is 10.3. The average molecular weight is 467 g/mol. The highest BCUT2D eigenvalue weighted by atomic mass is 16.2. The van der Waals surface area contributed by atoms with E-state index in [2.05, 4.69) is 69.2 Å². The van der Waals surface area contributed by atoms with Gasteiger partial charge in [0.05, 0.1) is 17.4 Å². The molecule has 0 radical (unpaired) electrons. The van der Waals surface area contributed by atoms with E-state index in [4.69, 9.17) is 0 Å². The first-order valence-electron chi connectivity index (χ1n) is 12.0. The fourth-order valence-electron chi connectivity index (χ4n) is 4.58. The molecular formula is C28H30N6O. The van der Waals surface area contributed by atoms with E-state index in [-0.39, 0.29) is 5.91 Å². The fraction of sp³-hybridized carbons (Fsp3) is 0.250. The third-order valence-electron chi connectivity index (χ3n) is 6.52. The second-order valence-electron chi connectivity index (χ2n) is 9.01. The maximum atomic E-state index is 11.9. The van der Waals surface area contributed by atoms with E-state index in [1.807, 2.05) is 36.5 Å². The Kier molecular flexibility index (Phi) is 6.59. The molecule has 1 aliphatic heterocycles. The maximum absolute atomic E-state index is 11.9. The number of carbonyl (C=O) groups is 1. The molecule has 1 fully saturated rings. The van der Waals surface area contributed by atoms with Gasteiger partial charge in [-0.05, 0) is 53.5 Å². The van der Waals surface area contributed by atoms with E-state index >= 15 is 0 Å². The van der Waals surface area contributed by atoms with Crippen LogP contribution in [0.25, 0.3) is 34.2 Å². The van der Waals surface area contributed by atoms with Crippen LogP contribution in [0.15, 0.2) is 67.5 Å². The van der Waals surface area contributed by atoms with Gasteiger partial charge in [-0.15, -0.1) is 0 Å². The van der Waals surface area contributed by atoms with Crippen molar-refractivity contribution in [3.8, 4) is 11.1 Å². The summed E-state index contributed by atoms with van der Waals surface area (Å²) < 4.78 is 1.79. The standard InChI is InChI=1S/C28H30N6O/c1-3-28(35)34-14-4-13-33(15-16-34)20-21-5-8-23(9-6-21)24-10-12-27-25(17-24)26(30-31-27)11-7-22-18-29-32(2)19-22/h3,5-12,17-19H,1,4,13-16,20H2,2H3,(H,30,31)/b11-7+. The molecule has 0 aliphatic carbocycles. The van der Waals surface area contributed by atoms with Crippen LogP contribution >= 0.6 is 0 Å². The van der Waals surface area contributed by atoms with Crippen LogP contribution in [-0.4, -0.2) is 61.9 Å². The van der Waals surface area contributed by atoms with E-state index in [0.29, 0.717) is 0 Å². The van der Waals surface area contributed by atoms with Crippen LogP contribution in [0.3, 0.4) is 0 Å². The SMILES string of the molecule is C=CC(=O)N1CCCN(Cc2ccc(-c3ccc4[nH]nc(/C=C/c5cnn(C)c5)c4c3)cc2)CC1. The van der Waals surface area contributed by atoms with Crippen LogP contribution in [0.4, 0.5) is 0 Å². The lowest BCUT2D eigenvalue weighted by Gasteiger charge is -2.21. The Bertz CT molecular complexity index is 1360. The molecule has 35 heavy (non-hydrogen) atoms. The number of hydrogen-bond donors (Lipinski definition) is 1. The fourth-order valence-corrected chi connectivity index (χ4v) is 4.58. The van der Waals surface area contributed by atoms with E-state index < -0.39 is 0 Å². The summed E-state index contributed by atoms with van der Waals surface area (Å²) in [6, 6.07) is 15.2. The second-order valence-corrected chi connectivity index (χ2v) is 9.01. The van der Waals surface area contributed by atoms with Gasteiger partial charge in [0, 0.05) is 56.9 Å². The minimum Gasteiger partial charge on any atom is -0.338 e. The lowest BCUT2D eigenvalue weighted by Crippen LogP contribution is -2.33. The van der Waals surface area contributed by atoms with Crippen molar-refractivity contribution >= 4 is 29.0 Å².